The number of hydrogen-bond acceptors (Lipinski definition) is 6. The Morgan fingerprint density at radius 2 is 1.84 bits per heavy atom. The second-order valence-corrected chi connectivity index (χ2v) is 7.86. The number of nitrogens with zero attached hydrogens (tertiary/aromatic N) is 2. The number of anilines is 1. The molecule has 4 rings (SSSR count). The van der Waals surface area contributed by atoms with Crippen LogP contribution in [0.3, 0.4) is 0 Å². The van der Waals surface area contributed by atoms with Crippen molar-refractivity contribution >= 4 is 33.5 Å². The van der Waals surface area contributed by atoms with Crippen molar-refractivity contribution in [2.75, 3.05) is 5.73 Å². The predicted octanol–water partition coefficient (Wildman–Crippen LogP) is 6.22. The van der Waals surface area contributed by atoms with E-state index in [4.69, 9.17) is 26.8 Å². The van der Waals surface area contributed by atoms with E-state index in [1.807, 2.05) is 36.4 Å². The van der Waals surface area contributed by atoms with E-state index >= 15 is 0 Å². The van der Waals surface area contributed by atoms with Crippen molar-refractivity contribution in [1.29, 1.82) is 0 Å². The van der Waals surface area contributed by atoms with E-state index in [0.29, 0.717) is 40.1 Å². The Labute approximate surface area is 192 Å². The van der Waals surface area contributed by atoms with Crippen LogP contribution < -0.4 is 15.2 Å². The molecular formula is C23H17BrClN3O3. The SMILES string of the molecule is Nc1ncc(Oc2ccccc2Br)c(-c2ccc(OCc3cccc(Cl)c3)cc2O)n1. The summed E-state index contributed by atoms with van der Waals surface area (Å²) in [5.41, 5.74) is 7.51. The zero-order valence-electron chi connectivity index (χ0n) is 16.1. The number of phenolic OH excluding ortho intramolecular Hbond substituents is 1. The summed E-state index contributed by atoms with van der Waals surface area (Å²) in [4.78, 5) is 8.29. The predicted molar refractivity (Wildman–Crippen MR) is 124 cm³/mol. The van der Waals surface area contributed by atoms with Crippen LogP contribution in [0.4, 0.5) is 5.95 Å². The van der Waals surface area contributed by atoms with Crippen molar-refractivity contribution in [2.24, 2.45) is 0 Å². The highest BCUT2D eigenvalue weighted by Crippen LogP contribution is 2.39. The van der Waals surface area contributed by atoms with E-state index in [9.17, 15) is 5.11 Å². The minimum absolute atomic E-state index is 0.0290. The van der Waals surface area contributed by atoms with Gasteiger partial charge in [0, 0.05) is 16.7 Å². The van der Waals surface area contributed by atoms with Gasteiger partial charge in [0.05, 0.1) is 10.7 Å². The fourth-order valence-electron chi connectivity index (χ4n) is 2.89. The normalized spacial score (nSPS) is 10.6. The van der Waals surface area contributed by atoms with Gasteiger partial charge in [0.15, 0.2) is 5.75 Å². The number of rotatable bonds is 6. The van der Waals surface area contributed by atoms with Gasteiger partial charge >= 0.3 is 0 Å². The first kappa shape index (κ1) is 21.0. The topological polar surface area (TPSA) is 90.5 Å². The van der Waals surface area contributed by atoms with E-state index in [-0.39, 0.29) is 11.7 Å². The molecule has 0 aliphatic heterocycles. The highest BCUT2D eigenvalue weighted by atomic mass is 79.9. The summed E-state index contributed by atoms with van der Waals surface area (Å²) in [6, 6.07) is 19.7. The van der Waals surface area contributed by atoms with Crippen molar-refractivity contribution in [2.45, 2.75) is 6.61 Å². The third-order valence-electron chi connectivity index (χ3n) is 4.35. The Morgan fingerprint density at radius 1 is 1.00 bits per heavy atom. The van der Waals surface area contributed by atoms with Gasteiger partial charge in [-0.1, -0.05) is 35.9 Å². The van der Waals surface area contributed by atoms with Gasteiger partial charge in [-0.2, -0.15) is 0 Å². The molecule has 0 radical (unpaired) electrons. The van der Waals surface area contributed by atoms with Gasteiger partial charge in [0.1, 0.15) is 29.5 Å². The van der Waals surface area contributed by atoms with Crippen LogP contribution in [0, 0.1) is 0 Å². The van der Waals surface area contributed by atoms with Crippen molar-refractivity contribution in [3.63, 3.8) is 0 Å². The van der Waals surface area contributed by atoms with E-state index in [1.54, 1.807) is 24.3 Å². The van der Waals surface area contributed by atoms with Crippen LogP contribution in [0.2, 0.25) is 5.02 Å². The van der Waals surface area contributed by atoms with E-state index in [2.05, 4.69) is 25.9 Å². The average molecular weight is 499 g/mol. The molecule has 0 saturated carbocycles. The molecule has 3 N–H and O–H groups in total. The van der Waals surface area contributed by atoms with Crippen molar-refractivity contribution < 1.29 is 14.6 Å². The van der Waals surface area contributed by atoms with Crippen LogP contribution in [0.5, 0.6) is 23.0 Å². The largest absolute Gasteiger partial charge is 0.507 e. The second-order valence-electron chi connectivity index (χ2n) is 6.57. The number of aromatic hydroxyl groups is 1. The van der Waals surface area contributed by atoms with E-state index < -0.39 is 0 Å². The first-order valence-corrected chi connectivity index (χ1v) is 10.4. The molecule has 6 nitrogen and oxygen atoms in total. The van der Waals surface area contributed by atoms with Crippen LogP contribution in [0.25, 0.3) is 11.3 Å². The lowest BCUT2D eigenvalue weighted by molar-refractivity contribution is 0.304. The molecule has 0 saturated heterocycles. The number of para-hydroxylation sites is 1. The van der Waals surface area contributed by atoms with Crippen LogP contribution in [-0.2, 0) is 6.61 Å². The highest BCUT2D eigenvalue weighted by molar-refractivity contribution is 9.10. The van der Waals surface area contributed by atoms with Crippen molar-refractivity contribution in [3.8, 4) is 34.3 Å². The first-order valence-electron chi connectivity index (χ1n) is 9.25. The van der Waals surface area contributed by atoms with Gasteiger partial charge in [0.2, 0.25) is 5.95 Å². The molecular weight excluding hydrogens is 482 g/mol. The maximum atomic E-state index is 10.7. The summed E-state index contributed by atoms with van der Waals surface area (Å²) in [7, 11) is 0. The summed E-state index contributed by atoms with van der Waals surface area (Å²) in [6.45, 7) is 0.316. The number of aromatic nitrogens is 2. The lowest BCUT2D eigenvalue weighted by Crippen LogP contribution is -2.00. The van der Waals surface area contributed by atoms with Gasteiger partial charge in [-0.3, -0.25) is 0 Å². The monoisotopic (exact) mass is 497 g/mol. The molecule has 1 heterocycles. The molecule has 0 spiro atoms. The maximum absolute atomic E-state index is 10.7. The van der Waals surface area contributed by atoms with Gasteiger partial charge < -0.3 is 20.3 Å². The van der Waals surface area contributed by atoms with Gasteiger partial charge in [-0.15, -0.1) is 0 Å². The zero-order valence-corrected chi connectivity index (χ0v) is 18.5. The molecule has 4 aromatic rings. The first-order chi connectivity index (χ1) is 15.0. The lowest BCUT2D eigenvalue weighted by Gasteiger charge is -2.14. The van der Waals surface area contributed by atoms with Crippen LogP contribution in [0.1, 0.15) is 5.56 Å². The Kier molecular flexibility index (Phi) is 6.25. The van der Waals surface area contributed by atoms with Crippen LogP contribution >= 0.6 is 27.5 Å². The smallest absolute Gasteiger partial charge is 0.220 e. The summed E-state index contributed by atoms with van der Waals surface area (Å²) in [6.07, 6.45) is 1.47. The number of nitrogen functional groups attached to an aromatic ring is 1. The summed E-state index contributed by atoms with van der Waals surface area (Å²) in [5.74, 6) is 1.47. The van der Waals surface area contributed by atoms with Crippen LogP contribution in [0.15, 0.2) is 77.4 Å². The Morgan fingerprint density at radius 3 is 2.61 bits per heavy atom. The molecule has 0 fully saturated rings. The third-order valence-corrected chi connectivity index (χ3v) is 5.24. The quantitative estimate of drug-likeness (QED) is 0.328. The number of benzene rings is 3. The summed E-state index contributed by atoms with van der Waals surface area (Å²) in [5, 5.41) is 11.3. The summed E-state index contributed by atoms with van der Waals surface area (Å²) < 4.78 is 12.5. The molecule has 0 aliphatic carbocycles. The number of ether oxygens (including phenoxy) is 2. The third kappa shape index (κ3) is 5.07. The molecule has 156 valence electrons. The number of hydrogen-bond donors (Lipinski definition) is 2. The van der Waals surface area contributed by atoms with Gasteiger partial charge in [-0.25, -0.2) is 9.97 Å². The molecule has 0 amide bonds. The second kappa shape index (κ2) is 9.24. The van der Waals surface area contributed by atoms with Gasteiger partial charge in [0.25, 0.3) is 0 Å². The minimum atomic E-state index is -0.0290. The average Bonchev–Trinajstić information content (AvgIpc) is 2.75. The fourth-order valence-corrected chi connectivity index (χ4v) is 3.47. The summed E-state index contributed by atoms with van der Waals surface area (Å²) >= 11 is 9.45. The molecule has 8 heteroatoms. The Hall–Kier alpha value is -3.29. The highest BCUT2D eigenvalue weighted by Gasteiger charge is 2.16. The molecule has 0 atom stereocenters. The van der Waals surface area contributed by atoms with Crippen molar-refractivity contribution in [1.82, 2.24) is 9.97 Å². The fraction of sp³-hybridized carbons (Fsp3) is 0.0435. The standard InChI is InChI=1S/C23H17BrClN3O3/c24-18-6-1-2-7-20(18)31-21-12-27-23(26)28-22(21)17-9-8-16(11-19(17)29)30-13-14-4-3-5-15(25)10-14/h1-12,29H,13H2,(H2,26,27,28). The molecule has 0 unspecified atom stereocenters. The number of phenols is 1. The zero-order chi connectivity index (χ0) is 21.8. The molecule has 31 heavy (non-hydrogen) atoms. The van der Waals surface area contributed by atoms with Gasteiger partial charge in [-0.05, 0) is 57.9 Å². The van der Waals surface area contributed by atoms with E-state index in [0.717, 1.165) is 10.0 Å². The van der Waals surface area contributed by atoms with Crippen molar-refractivity contribution in [3.05, 3.63) is 88.0 Å². The Bertz CT molecular complexity index is 1240. The molecule has 0 aliphatic rings. The Balaban J connectivity index is 1.60. The molecule has 3 aromatic carbocycles. The number of halogens is 2. The minimum Gasteiger partial charge on any atom is -0.507 e. The van der Waals surface area contributed by atoms with Crippen LogP contribution in [-0.4, -0.2) is 15.1 Å². The molecule has 0 bridgehead atoms. The molecule has 1 aromatic heterocycles. The lowest BCUT2D eigenvalue weighted by atomic mass is 10.1. The maximum Gasteiger partial charge on any atom is 0.220 e. The number of nitrogens with two attached hydrogens (primary N) is 1. The van der Waals surface area contributed by atoms with E-state index in [1.165, 1.54) is 12.3 Å².